The average molecular weight is 327 g/mol. The predicted octanol–water partition coefficient (Wildman–Crippen LogP) is 3.52. The molecular formula is C16H11BrN2O. The highest BCUT2D eigenvalue weighted by Crippen LogP contribution is 2.35. The van der Waals surface area contributed by atoms with Crippen LogP contribution in [0.4, 0.5) is 5.69 Å². The number of nitrogens with zero attached hydrogens (tertiary/aromatic N) is 2. The summed E-state index contributed by atoms with van der Waals surface area (Å²) in [6, 6.07) is 15.1. The van der Waals surface area contributed by atoms with Gasteiger partial charge in [0.05, 0.1) is 11.3 Å². The molecule has 0 spiro atoms. The van der Waals surface area contributed by atoms with Crippen LogP contribution in [0.25, 0.3) is 0 Å². The van der Waals surface area contributed by atoms with E-state index in [4.69, 9.17) is 0 Å². The Labute approximate surface area is 125 Å². The Morgan fingerprint density at radius 3 is 2.70 bits per heavy atom. The fourth-order valence-electron chi connectivity index (χ4n) is 2.53. The molecular weight excluding hydrogens is 316 g/mol. The molecule has 0 unspecified atom stereocenters. The summed E-state index contributed by atoms with van der Waals surface area (Å²) in [5, 5.41) is 9.29. The maximum Gasteiger partial charge on any atom is 0.258 e. The monoisotopic (exact) mass is 326 g/mol. The van der Waals surface area contributed by atoms with Crippen molar-refractivity contribution in [2.24, 2.45) is 0 Å². The average Bonchev–Trinajstić information content (AvgIpc) is 2.90. The predicted molar refractivity (Wildman–Crippen MR) is 80.7 cm³/mol. The third-order valence-electron chi connectivity index (χ3n) is 3.41. The first-order valence-corrected chi connectivity index (χ1v) is 7.09. The van der Waals surface area contributed by atoms with E-state index in [-0.39, 0.29) is 5.91 Å². The number of nitriles is 1. The number of benzene rings is 2. The smallest absolute Gasteiger partial charge is 0.258 e. The molecule has 1 aliphatic rings. The number of carbonyl (C=O) groups excluding carboxylic acids is 1. The summed E-state index contributed by atoms with van der Waals surface area (Å²) < 4.78 is 0.877. The SMILES string of the molecule is N#Cc1cc(Br)cc2c1N(C(=O)c1ccccc1)CC2. The Kier molecular flexibility index (Phi) is 3.29. The Morgan fingerprint density at radius 1 is 1.25 bits per heavy atom. The second kappa shape index (κ2) is 5.10. The minimum absolute atomic E-state index is 0.0526. The van der Waals surface area contributed by atoms with Gasteiger partial charge in [-0.15, -0.1) is 0 Å². The Morgan fingerprint density at radius 2 is 2.00 bits per heavy atom. The van der Waals surface area contributed by atoms with E-state index >= 15 is 0 Å². The van der Waals surface area contributed by atoms with Crippen molar-refractivity contribution < 1.29 is 4.79 Å². The maximum absolute atomic E-state index is 12.6. The van der Waals surface area contributed by atoms with Crippen LogP contribution in [-0.4, -0.2) is 12.5 Å². The molecule has 2 aromatic rings. The molecule has 0 N–H and O–H groups in total. The van der Waals surface area contributed by atoms with E-state index in [0.29, 0.717) is 17.7 Å². The van der Waals surface area contributed by atoms with Crippen LogP contribution >= 0.6 is 15.9 Å². The van der Waals surface area contributed by atoms with Crippen LogP contribution in [0.2, 0.25) is 0 Å². The molecule has 20 heavy (non-hydrogen) atoms. The first-order chi connectivity index (χ1) is 9.70. The fourth-order valence-corrected chi connectivity index (χ4v) is 3.04. The molecule has 0 radical (unpaired) electrons. The van der Waals surface area contributed by atoms with Crippen molar-refractivity contribution in [1.29, 1.82) is 5.26 Å². The van der Waals surface area contributed by atoms with Crippen molar-refractivity contribution in [3.05, 3.63) is 63.6 Å². The molecule has 1 aliphatic heterocycles. The van der Waals surface area contributed by atoms with Gasteiger partial charge in [0, 0.05) is 16.6 Å². The van der Waals surface area contributed by atoms with Gasteiger partial charge in [-0.1, -0.05) is 34.1 Å². The van der Waals surface area contributed by atoms with Gasteiger partial charge in [0.25, 0.3) is 5.91 Å². The first kappa shape index (κ1) is 12.9. The number of carbonyl (C=O) groups is 1. The quantitative estimate of drug-likeness (QED) is 0.804. The van der Waals surface area contributed by atoms with Gasteiger partial charge >= 0.3 is 0 Å². The van der Waals surface area contributed by atoms with E-state index in [1.165, 1.54) is 0 Å². The van der Waals surface area contributed by atoms with Gasteiger partial charge in [0.2, 0.25) is 0 Å². The number of hydrogen-bond acceptors (Lipinski definition) is 2. The zero-order valence-electron chi connectivity index (χ0n) is 10.6. The second-order valence-electron chi connectivity index (χ2n) is 4.65. The van der Waals surface area contributed by atoms with Crippen LogP contribution in [0.1, 0.15) is 21.5 Å². The normalized spacial score (nSPS) is 12.9. The lowest BCUT2D eigenvalue weighted by Crippen LogP contribution is -2.29. The molecule has 1 heterocycles. The molecule has 0 saturated carbocycles. The lowest BCUT2D eigenvalue weighted by atomic mass is 10.1. The van der Waals surface area contributed by atoms with E-state index in [0.717, 1.165) is 22.1 Å². The minimum Gasteiger partial charge on any atom is -0.306 e. The van der Waals surface area contributed by atoms with E-state index in [9.17, 15) is 10.1 Å². The molecule has 4 heteroatoms. The summed E-state index contributed by atoms with van der Waals surface area (Å²) in [6.07, 6.45) is 0.780. The van der Waals surface area contributed by atoms with Gasteiger partial charge in [-0.05, 0) is 36.2 Å². The van der Waals surface area contributed by atoms with Crippen molar-refractivity contribution in [3.63, 3.8) is 0 Å². The Hall–Kier alpha value is -2.12. The van der Waals surface area contributed by atoms with Crippen molar-refractivity contribution >= 4 is 27.5 Å². The van der Waals surface area contributed by atoms with Gasteiger partial charge in [-0.25, -0.2) is 0 Å². The maximum atomic E-state index is 12.6. The molecule has 0 atom stereocenters. The number of anilines is 1. The summed E-state index contributed by atoms with van der Waals surface area (Å²) in [5.41, 5.74) is 2.98. The number of fused-ring (bicyclic) bond motifs is 1. The molecule has 3 nitrogen and oxygen atoms in total. The van der Waals surface area contributed by atoms with Crippen molar-refractivity contribution in [1.82, 2.24) is 0 Å². The van der Waals surface area contributed by atoms with Crippen LogP contribution in [0.15, 0.2) is 46.9 Å². The highest BCUT2D eigenvalue weighted by atomic mass is 79.9. The molecule has 0 bridgehead atoms. The topological polar surface area (TPSA) is 44.1 Å². The zero-order valence-corrected chi connectivity index (χ0v) is 12.2. The lowest BCUT2D eigenvalue weighted by molar-refractivity contribution is 0.0989. The van der Waals surface area contributed by atoms with E-state index in [2.05, 4.69) is 22.0 Å². The summed E-state index contributed by atoms with van der Waals surface area (Å²) in [6.45, 7) is 0.619. The highest BCUT2D eigenvalue weighted by Gasteiger charge is 2.28. The van der Waals surface area contributed by atoms with Crippen molar-refractivity contribution in [2.45, 2.75) is 6.42 Å². The van der Waals surface area contributed by atoms with Gasteiger partial charge in [-0.2, -0.15) is 5.26 Å². The van der Waals surface area contributed by atoms with Gasteiger partial charge in [-0.3, -0.25) is 4.79 Å². The van der Waals surface area contributed by atoms with E-state index in [1.807, 2.05) is 24.3 Å². The van der Waals surface area contributed by atoms with E-state index in [1.54, 1.807) is 23.1 Å². The van der Waals surface area contributed by atoms with Gasteiger partial charge < -0.3 is 4.90 Å². The van der Waals surface area contributed by atoms with Crippen LogP contribution < -0.4 is 4.90 Å². The minimum atomic E-state index is -0.0526. The molecule has 2 aromatic carbocycles. The van der Waals surface area contributed by atoms with Gasteiger partial charge in [0.1, 0.15) is 6.07 Å². The van der Waals surface area contributed by atoms with Gasteiger partial charge in [0.15, 0.2) is 0 Å². The number of rotatable bonds is 1. The number of hydrogen-bond donors (Lipinski definition) is 0. The highest BCUT2D eigenvalue weighted by molar-refractivity contribution is 9.10. The molecule has 0 saturated heterocycles. The van der Waals surface area contributed by atoms with Crippen LogP contribution in [0.5, 0.6) is 0 Å². The van der Waals surface area contributed by atoms with E-state index < -0.39 is 0 Å². The largest absolute Gasteiger partial charge is 0.306 e. The fraction of sp³-hybridized carbons (Fsp3) is 0.125. The Bertz CT molecular complexity index is 719. The summed E-state index contributed by atoms with van der Waals surface area (Å²) in [7, 11) is 0. The summed E-state index contributed by atoms with van der Waals surface area (Å²) in [5.74, 6) is -0.0526. The van der Waals surface area contributed by atoms with Crippen molar-refractivity contribution in [3.8, 4) is 6.07 Å². The Balaban J connectivity index is 2.06. The first-order valence-electron chi connectivity index (χ1n) is 6.30. The lowest BCUT2D eigenvalue weighted by Gasteiger charge is -2.18. The third kappa shape index (κ3) is 2.10. The van der Waals surface area contributed by atoms with Crippen LogP contribution in [0.3, 0.4) is 0 Å². The van der Waals surface area contributed by atoms with Crippen LogP contribution in [0, 0.1) is 11.3 Å². The molecule has 1 amide bonds. The molecule has 0 aliphatic carbocycles. The zero-order chi connectivity index (χ0) is 14.1. The van der Waals surface area contributed by atoms with Crippen LogP contribution in [-0.2, 0) is 6.42 Å². The molecule has 3 rings (SSSR count). The molecule has 0 fully saturated rings. The summed E-state index contributed by atoms with van der Waals surface area (Å²) in [4.78, 5) is 14.3. The number of halogens is 1. The van der Waals surface area contributed by atoms with Crippen molar-refractivity contribution in [2.75, 3.05) is 11.4 Å². The second-order valence-corrected chi connectivity index (χ2v) is 5.56. The standard InChI is InChI=1S/C16H11BrN2O/c17-14-8-12-6-7-19(15(12)13(9-14)10-18)16(20)11-4-2-1-3-5-11/h1-5,8-9H,6-7H2. The molecule has 0 aromatic heterocycles. The summed E-state index contributed by atoms with van der Waals surface area (Å²) >= 11 is 3.40. The number of amides is 1. The third-order valence-corrected chi connectivity index (χ3v) is 3.87. The molecule has 98 valence electrons.